The van der Waals surface area contributed by atoms with Gasteiger partial charge in [-0.05, 0) is 66.9 Å². The van der Waals surface area contributed by atoms with Crippen molar-refractivity contribution >= 4 is 27.3 Å². The third kappa shape index (κ3) is 3.86. The Balaban J connectivity index is 1.63. The highest BCUT2D eigenvalue weighted by Gasteiger charge is 2.29. The van der Waals surface area contributed by atoms with Crippen LogP contribution in [0.25, 0.3) is 0 Å². The second-order valence-electron chi connectivity index (χ2n) is 6.80. The summed E-state index contributed by atoms with van der Waals surface area (Å²) < 4.78 is 40.8. The van der Waals surface area contributed by atoms with E-state index in [4.69, 9.17) is 0 Å². The quantitative estimate of drug-likeness (QED) is 0.700. The molecule has 0 spiro atoms. The van der Waals surface area contributed by atoms with Crippen LogP contribution in [0.15, 0.2) is 77.7 Å². The first-order chi connectivity index (χ1) is 13.9. The predicted molar refractivity (Wildman–Crippen MR) is 110 cm³/mol. The summed E-state index contributed by atoms with van der Waals surface area (Å²) in [5, 5.41) is 2.66. The van der Waals surface area contributed by atoms with Gasteiger partial charge in [-0.2, -0.15) is 0 Å². The van der Waals surface area contributed by atoms with Crippen molar-refractivity contribution < 1.29 is 17.6 Å². The van der Waals surface area contributed by atoms with Crippen LogP contribution in [-0.4, -0.2) is 20.9 Å². The van der Waals surface area contributed by atoms with Gasteiger partial charge in [-0.25, -0.2) is 12.8 Å². The van der Waals surface area contributed by atoms with E-state index >= 15 is 0 Å². The lowest BCUT2D eigenvalue weighted by Crippen LogP contribution is -2.35. The summed E-state index contributed by atoms with van der Waals surface area (Å²) in [6.07, 6.45) is 1.34. The van der Waals surface area contributed by atoms with Gasteiger partial charge in [-0.3, -0.25) is 9.10 Å². The van der Waals surface area contributed by atoms with Crippen LogP contribution in [0.5, 0.6) is 0 Å². The Bertz CT molecular complexity index is 1160. The van der Waals surface area contributed by atoms with Gasteiger partial charge in [0.15, 0.2) is 0 Å². The first kappa shape index (κ1) is 19.1. The van der Waals surface area contributed by atoms with Crippen molar-refractivity contribution in [2.45, 2.75) is 17.7 Å². The lowest BCUT2D eigenvalue weighted by molar-refractivity contribution is 0.102. The van der Waals surface area contributed by atoms with Gasteiger partial charge >= 0.3 is 0 Å². The number of rotatable bonds is 4. The first-order valence-electron chi connectivity index (χ1n) is 9.23. The van der Waals surface area contributed by atoms with Crippen LogP contribution >= 0.6 is 0 Å². The minimum absolute atomic E-state index is 0.237. The van der Waals surface area contributed by atoms with Crippen molar-refractivity contribution in [3.05, 3.63) is 89.7 Å². The Morgan fingerprint density at radius 1 is 0.966 bits per heavy atom. The summed E-state index contributed by atoms with van der Waals surface area (Å²) in [7, 11) is -3.67. The van der Waals surface area contributed by atoms with Crippen LogP contribution in [0.4, 0.5) is 15.8 Å². The zero-order chi connectivity index (χ0) is 20.4. The van der Waals surface area contributed by atoms with E-state index in [1.54, 1.807) is 54.6 Å². The third-order valence-corrected chi connectivity index (χ3v) is 6.66. The summed E-state index contributed by atoms with van der Waals surface area (Å²) in [5.74, 6) is -0.809. The van der Waals surface area contributed by atoms with E-state index in [9.17, 15) is 17.6 Å². The van der Waals surface area contributed by atoms with Gasteiger partial charge in [0.2, 0.25) is 0 Å². The van der Waals surface area contributed by atoms with Gasteiger partial charge in [0.05, 0.1) is 10.6 Å². The zero-order valence-electron chi connectivity index (χ0n) is 15.5. The average Bonchev–Trinajstić information content (AvgIpc) is 2.73. The maximum absolute atomic E-state index is 13.3. The lowest BCUT2D eigenvalue weighted by Gasteiger charge is -2.30. The Hall–Kier alpha value is -3.19. The molecular formula is C22H19FN2O3S. The second-order valence-corrected chi connectivity index (χ2v) is 8.66. The number of hydrogen-bond donors (Lipinski definition) is 1. The van der Waals surface area contributed by atoms with Gasteiger partial charge < -0.3 is 5.32 Å². The number of nitrogens with zero attached hydrogens (tertiary/aromatic N) is 1. The van der Waals surface area contributed by atoms with Crippen molar-refractivity contribution in [1.29, 1.82) is 0 Å². The Morgan fingerprint density at radius 3 is 2.52 bits per heavy atom. The number of fused-ring (bicyclic) bond motifs is 1. The second kappa shape index (κ2) is 7.67. The van der Waals surface area contributed by atoms with Crippen LogP contribution in [0.2, 0.25) is 0 Å². The predicted octanol–water partition coefficient (Wildman–Crippen LogP) is 4.22. The molecular weight excluding hydrogens is 391 g/mol. The van der Waals surface area contributed by atoms with Crippen LogP contribution in [0.3, 0.4) is 0 Å². The van der Waals surface area contributed by atoms with Gasteiger partial charge in [0.25, 0.3) is 15.9 Å². The third-order valence-electron chi connectivity index (χ3n) is 4.83. The molecule has 1 aliphatic heterocycles. The molecule has 1 N–H and O–H groups in total. The monoisotopic (exact) mass is 410 g/mol. The number of carbonyl (C=O) groups is 1. The number of hydrogen-bond acceptors (Lipinski definition) is 3. The molecule has 1 aliphatic rings. The van der Waals surface area contributed by atoms with Gasteiger partial charge in [0.1, 0.15) is 5.82 Å². The highest BCUT2D eigenvalue weighted by atomic mass is 32.2. The van der Waals surface area contributed by atoms with Crippen LogP contribution in [-0.2, 0) is 16.4 Å². The van der Waals surface area contributed by atoms with E-state index in [-0.39, 0.29) is 10.8 Å². The number of halogens is 1. The van der Waals surface area contributed by atoms with Crippen LogP contribution < -0.4 is 9.62 Å². The van der Waals surface area contributed by atoms with Crippen molar-refractivity contribution in [3.8, 4) is 0 Å². The summed E-state index contributed by atoms with van der Waals surface area (Å²) >= 11 is 0. The summed E-state index contributed by atoms with van der Waals surface area (Å²) in [4.78, 5) is 12.8. The molecule has 0 unspecified atom stereocenters. The molecule has 5 nitrogen and oxygen atoms in total. The lowest BCUT2D eigenvalue weighted by atomic mass is 10.0. The molecule has 148 valence electrons. The largest absolute Gasteiger partial charge is 0.322 e. The number of aryl methyl sites for hydroxylation is 1. The molecule has 29 heavy (non-hydrogen) atoms. The number of carbonyl (C=O) groups excluding carboxylic acids is 1. The number of amides is 1. The van der Waals surface area contributed by atoms with E-state index in [0.29, 0.717) is 36.3 Å². The molecule has 0 fully saturated rings. The van der Waals surface area contributed by atoms with Crippen molar-refractivity contribution in [2.75, 3.05) is 16.2 Å². The number of nitrogens with one attached hydrogen (secondary N) is 1. The molecule has 0 atom stereocenters. The number of sulfonamides is 1. The standard InChI is InChI=1S/C22H19FN2O3S/c23-18-7-4-8-19(15-18)24-22(26)17-11-12-21-16(14-17)6-5-13-25(21)29(27,28)20-9-2-1-3-10-20/h1-4,7-12,14-15H,5-6,13H2,(H,24,26). The fourth-order valence-electron chi connectivity index (χ4n) is 3.44. The normalized spacial score (nSPS) is 13.6. The van der Waals surface area contributed by atoms with E-state index in [2.05, 4.69) is 5.32 Å². The summed E-state index contributed by atoms with van der Waals surface area (Å²) in [6, 6.07) is 18.9. The topological polar surface area (TPSA) is 66.5 Å². The molecule has 1 amide bonds. The Kier molecular flexibility index (Phi) is 5.07. The molecule has 1 heterocycles. The molecule has 7 heteroatoms. The van der Waals surface area contributed by atoms with Crippen molar-refractivity contribution in [3.63, 3.8) is 0 Å². The summed E-state index contributed by atoms with van der Waals surface area (Å²) in [6.45, 7) is 0.388. The Morgan fingerprint density at radius 2 is 1.76 bits per heavy atom. The average molecular weight is 410 g/mol. The molecule has 0 aromatic heterocycles. The molecule has 3 aromatic rings. The maximum atomic E-state index is 13.3. The van der Waals surface area contributed by atoms with Crippen LogP contribution in [0.1, 0.15) is 22.3 Å². The van der Waals surface area contributed by atoms with Gasteiger partial charge in [0, 0.05) is 17.8 Å². The first-order valence-corrected chi connectivity index (χ1v) is 10.7. The number of anilines is 2. The molecule has 0 saturated heterocycles. The van der Waals surface area contributed by atoms with Crippen LogP contribution in [0, 0.1) is 5.82 Å². The van der Waals surface area contributed by atoms with E-state index < -0.39 is 15.8 Å². The fraction of sp³-hybridized carbons (Fsp3) is 0.136. The molecule has 0 saturated carbocycles. The smallest absolute Gasteiger partial charge is 0.264 e. The van der Waals surface area contributed by atoms with Gasteiger partial charge in [-0.1, -0.05) is 24.3 Å². The molecule has 0 bridgehead atoms. The van der Waals surface area contributed by atoms with E-state index in [0.717, 1.165) is 5.56 Å². The molecule has 0 aliphatic carbocycles. The molecule has 0 radical (unpaired) electrons. The van der Waals surface area contributed by atoms with Gasteiger partial charge in [-0.15, -0.1) is 0 Å². The van der Waals surface area contributed by atoms with Crippen molar-refractivity contribution in [2.24, 2.45) is 0 Å². The molecule has 3 aromatic carbocycles. The maximum Gasteiger partial charge on any atom is 0.264 e. The summed E-state index contributed by atoms with van der Waals surface area (Å²) in [5.41, 5.74) is 2.14. The minimum atomic E-state index is -3.67. The highest BCUT2D eigenvalue weighted by molar-refractivity contribution is 7.92. The minimum Gasteiger partial charge on any atom is -0.322 e. The number of benzene rings is 3. The van der Waals surface area contributed by atoms with E-state index in [1.165, 1.54) is 22.5 Å². The fourth-order valence-corrected chi connectivity index (χ4v) is 5.00. The Labute approximate surface area is 168 Å². The highest BCUT2D eigenvalue weighted by Crippen LogP contribution is 2.32. The van der Waals surface area contributed by atoms with E-state index in [1.807, 2.05) is 0 Å². The van der Waals surface area contributed by atoms with Crippen molar-refractivity contribution in [1.82, 2.24) is 0 Å². The molecule has 4 rings (SSSR count). The SMILES string of the molecule is O=C(Nc1cccc(F)c1)c1ccc2c(c1)CCCN2S(=O)(=O)c1ccccc1. The zero-order valence-corrected chi connectivity index (χ0v) is 16.3.